The van der Waals surface area contributed by atoms with Gasteiger partial charge in [-0.05, 0) is 67.3 Å². The highest BCUT2D eigenvalue weighted by atomic mass is 79.9. The highest BCUT2D eigenvalue weighted by Crippen LogP contribution is 2.38. The first-order valence-corrected chi connectivity index (χ1v) is 16.6. The number of carbonyl (C=O) groups excluding carboxylic acids is 1. The van der Waals surface area contributed by atoms with E-state index in [-0.39, 0.29) is 10.9 Å². The van der Waals surface area contributed by atoms with Gasteiger partial charge in [0.05, 0.1) is 42.7 Å². The molecule has 0 bridgehead atoms. The lowest BCUT2D eigenvalue weighted by molar-refractivity contribution is 0.0733. The molecule has 4 aromatic rings. The van der Waals surface area contributed by atoms with Crippen LogP contribution in [0.25, 0.3) is 5.65 Å². The number of amides is 1. The van der Waals surface area contributed by atoms with Gasteiger partial charge in [-0.3, -0.25) is 4.79 Å². The van der Waals surface area contributed by atoms with Gasteiger partial charge in [0, 0.05) is 35.7 Å². The van der Waals surface area contributed by atoms with Crippen molar-refractivity contribution in [2.75, 3.05) is 40.5 Å². The number of carbonyl (C=O) groups is 1. The van der Waals surface area contributed by atoms with Crippen LogP contribution in [0.2, 0.25) is 5.02 Å². The molecule has 2 aromatic carbocycles. The summed E-state index contributed by atoms with van der Waals surface area (Å²) < 4.78 is 20.3. The van der Waals surface area contributed by atoms with Crippen LogP contribution in [0.3, 0.4) is 0 Å². The van der Waals surface area contributed by atoms with Crippen molar-refractivity contribution in [1.82, 2.24) is 19.6 Å². The zero-order valence-electron chi connectivity index (χ0n) is 27.0. The molecule has 0 atom stereocenters. The van der Waals surface area contributed by atoms with Crippen molar-refractivity contribution in [3.8, 4) is 17.2 Å². The van der Waals surface area contributed by atoms with Crippen molar-refractivity contribution in [2.45, 2.75) is 47.1 Å². The molecule has 1 N–H and O–H groups in total. The van der Waals surface area contributed by atoms with Crippen LogP contribution in [0, 0.1) is 11.8 Å². The van der Waals surface area contributed by atoms with Gasteiger partial charge in [0.1, 0.15) is 18.0 Å². The molecule has 0 aliphatic carbocycles. The normalized spacial score (nSPS) is 11.4. The Morgan fingerprint density at radius 1 is 1.04 bits per heavy atom. The molecule has 242 valence electrons. The average molecular weight is 700 g/mol. The highest BCUT2D eigenvalue weighted by molar-refractivity contribution is 9.10. The highest BCUT2D eigenvalue weighted by Gasteiger charge is 2.26. The molecule has 0 unspecified atom stereocenters. The fourth-order valence-electron chi connectivity index (χ4n) is 5.11. The van der Waals surface area contributed by atoms with E-state index in [4.69, 9.17) is 30.8 Å². The largest absolute Gasteiger partial charge is 0.496 e. The molecule has 0 saturated heterocycles. The van der Waals surface area contributed by atoms with E-state index in [0.717, 1.165) is 45.8 Å². The standard InChI is InChI=1S/C35H44BrClN4O4/c1-23(2)14-17-40(35(42)27-11-13-31(44-6)34(33(27)37)45-18-15-38-21-24(3)4)22-28-29(41-16-8-7-9-32(41)39-28)20-25-19-26(36)10-12-30(25)43-5/h7-13,16,19,23-24,38H,14-15,17-18,20-22H2,1-6H3. The van der Waals surface area contributed by atoms with Gasteiger partial charge in [-0.15, -0.1) is 0 Å². The van der Waals surface area contributed by atoms with Gasteiger partial charge in [0.2, 0.25) is 0 Å². The second-order valence-electron chi connectivity index (χ2n) is 11.9. The topological polar surface area (TPSA) is 77.3 Å². The minimum atomic E-state index is -0.186. The Kier molecular flexibility index (Phi) is 12.6. The van der Waals surface area contributed by atoms with Gasteiger partial charge >= 0.3 is 0 Å². The Balaban J connectivity index is 1.68. The zero-order valence-corrected chi connectivity index (χ0v) is 29.4. The van der Waals surface area contributed by atoms with Crippen molar-refractivity contribution in [1.29, 1.82) is 0 Å². The van der Waals surface area contributed by atoms with E-state index in [9.17, 15) is 4.79 Å². The summed E-state index contributed by atoms with van der Waals surface area (Å²) in [6.45, 7) is 11.4. The summed E-state index contributed by atoms with van der Waals surface area (Å²) in [5, 5.41) is 3.60. The van der Waals surface area contributed by atoms with Crippen molar-refractivity contribution in [3.63, 3.8) is 0 Å². The maximum atomic E-state index is 14.3. The molecule has 10 heteroatoms. The number of aromatic nitrogens is 2. The molecular weight excluding hydrogens is 656 g/mol. The van der Waals surface area contributed by atoms with Crippen molar-refractivity contribution >= 4 is 39.1 Å². The number of hydrogen-bond acceptors (Lipinski definition) is 6. The van der Waals surface area contributed by atoms with Crippen LogP contribution in [0.1, 0.15) is 61.4 Å². The number of rotatable bonds is 16. The third-order valence-corrected chi connectivity index (χ3v) is 8.37. The number of ether oxygens (including phenoxy) is 3. The van der Waals surface area contributed by atoms with E-state index in [2.05, 4.69) is 59.4 Å². The van der Waals surface area contributed by atoms with Crippen LogP contribution < -0.4 is 19.5 Å². The Labute approximate surface area is 280 Å². The Morgan fingerprint density at radius 3 is 2.51 bits per heavy atom. The van der Waals surface area contributed by atoms with Gasteiger partial charge < -0.3 is 28.8 Å². The molecule has 0 spiro atoms. The number of nitrogens with zero attached hydrogens (tertiary/aromatic N) is 3. The van der Waals surface area contributed by atoms with Gasteiger partial charge in [0.25, 0.3) is 5.91 Å². The number of hydrogen-bond donors (Lipinski definition) is 1. The lowest BCUT2D eigenvalue weighted by Crippen LogP contribution is -2.33. The number of nitrogens with one attached hydrogen (secondary N) is 1. The third-order valence-electron chi connectivity index (χ3n) is 7.51. The smallest absolute Gasteiger partial charge is 0.255 e. The van der Waals surface area contributed by atoms with E-state index < -0.39 is 0 Å². The summed E-state index contributed by atoms with van der Waals surface area (Å²) in [6.07, 6.45) is 3.40. The van der Waals surface area contributed by atoms with Crippen molar-refractivity contribution in [2.24, 2.45) is 11.8 Å². The SMILES string of the molecule is COc1ccc(Br)cc1Cc1c(CN(CCC(C)C)C(=O)c2ccc(OC)c(OCCNCC(C)C)c2Cl)nc2ccccn12. The minimum Gasteiger partial charge on any atom is -0.496 e. The van der Waals surface area contributed by atoms with E-state index in [0.29, 0.717) is 61.6 Å². The molecule has 4 rings (SSSR count). The Morgan fingerprint density at radius 2 is 1.80 bits per heavy atom. The monoisotopic (exact) mass is 698 g/mol. The summed E-state index contributed by atoms with van der Waals surface area (Å²) >= 11 is 10.5. The number of imidazole rings is 1. The molecule has 8 nitrogen and oxygen atoms in total. The molecule has 2 heterocycles. The lowest BCUT2D eigenvalue weighted by atomic mass is 10.1. The first-order chi connectivity index (χ1) is 21.6. The molecule has 1 amide bonds. The molecule has 0 saturated carbocycles. The van der Waals surface area contributed by atoms with Crippen molar-refractivity contribution in [3.05, 3.63) is 86.7 Å². The van der Waals surface area contributed by atoms with Gasteiger partial charge in [-0.25, -0.2) is 4.98 Å². The van der Waals surface area contributed by atoms with Gasteiger partial charge in [0.15, 0.2) is 11.5 Å². The molecule has 0 fully saturated rings. The second kappa shape index (κ2) is 16.3. The Hall–Kier alpha value is -3.27. The number of methoxy groups -OCH3 is 2. The van der Waals surface area contributed by atoms with Crippen LogP contribution in [-0.4, -0.2) is 60.7 Å². The molecule has 0 radical (unpaired) electrons. The third kappa shape index (κ3) is 8.93. The van der Waals surface area contributed by atoms with Crippen molar-refractivity contribution < 1.29 is 19.0 Å². The summed E-state index contributed by atoms with van der Waals surface area (Å²) in [5.41, 5.74) is 4.00. The van der Waals surface area contributed by atoms with E-state index in [1.807, 2.05) is 41.4 Å². The van der Waals surface area contributed by atoms with Crippen LogP contribution in [0.15, 0.2) is 59.2 Å². The van der Waals surface area contributed by atoms with Crippen LogP contribution in [-0.2, 0) is 13.0 Å². The van der Waals surface area contributed by atoms with E-state index in [1.54, 1.807) is 26.4 Å². The fourth-order valence-corrected chi connectivity index (χ4v) is 5.81. The molecule has 2 aromatic heterocycles. The summed E-state index contributed by atoms with van der Waals surface area (Å²) in [7, 11) is 3.24. The zero-order chi connectivity index (χ0) is 32.5. The summed E-state index contributed by atoms with van der Waals surface area (Å²) in [5.74, 6) is 2.39. The van der Waals surface area contributed by atoms with Crippen LogP contribution >= 0.6 is 27.5 Å². The second-order valence-corrected chi connectivity index (χ2v) is 13.2. The van der Waals surface area contributed by atoms with Crippen LogP contribution in [0.4, 0.5) is 0 Å². The molecular formula is C35H44BrClN4O4. The maximum Gasteiger partial charge on any atom is 0.255 e. The quantitative estimate of drug-likeness (QED) is 0.121. The first-order valence-electron chi connectivity index (χ1n) is 15.4. The number of benzene rings is 2. The number of pyridine rings is 1. The first kappa shape index (κ1) is 34.6. The summed E-state index contributed by atoms with van der Waals surface area (Å²) in [6, 6.07) is 15.4. The Bertz CT molecular complexity index is 1590. The molecule has 0 aliphatic heterocycles. The number of fused-ring (bicyclic) bond motifs is 1. The predicted octanol–water partition coefficient (Wildman–Crippen LogP) is 7.67. The minimum absolute atomic E-state index is 0.186. The number of halogens is 2. The average Bonchev–Trinajstić information content (AvgIpc) is 3.35. The van der Waals surface area contributed by atoms with Gasteiger partial charge in [-0.2, -0.15) is 0 Å². The van der Waals surface area contributed by atoms with E-state index in [1.165, 1.54) is 0 Å². The molecule has 0 aliphatic rings. The molecule has 45 heavy (non-hydrogen) atoms. The van der Waals surface area contributed by atoms with Gasteiger partial charge in [-0.1, -0.05) is 61.3 Å². The fraction of sp³-hybridized carbons (Fsp3) is 0.429. The predicted molar refractivity (Wildman–Crippen MR) is 184 cm³/mol. The summed E-state index contributed by atoms with van der Waals surface area (Å²) in [4.78, 5) is 21.1. The van der Waals surface area contributed by atoms with Crippen LogP contribution in [0.5, 0.6) is 17.2 Å². The van der Waals surface area contributed by atoms with E-state index >= 15 is 0 Å². The lowest BCUT2D eigenvalue weighted by Gasteiger charge is -2.25. The maximum absolute atomic E-state index is 14.3.